The van der Waals surface area contributed by atoms with E-state index in [1.807, 2.05) is 0 Å². The van der Waals surface area contributed by atoms with Crippen molar-refractivity contribution in [2.45, 2.75) is 70.5 Å². The molecule has 1 aliphatic carbocycles. The monoisotopic (exact) mass is 366 g/mol. The molecule has 4 unspecified atom stereocenters. The van der Waals surface area contributed by atoms with Crippen LogP contribution in [0.3, 0.4) is 0 Å². The van der Waals surface area contributed by atoms with Gasteiger partial charge in [0.2, 0.25) is 0 Å². The zero-order valence-corrected chi connectivity index (χ0v) is 15.3. The van der Waals surface area contributed by atoms with Crippen LogP contribution >= 0.6 is 0 Å². The highest BCUT2D eigenvalue weighted by molar-refractivity contribution is 5.90. The third kappa shape index (κ3) is 8.06. The molecule has 3 N–H and O–H groups in total. The third-order valence-electron chi connectivity index (χ3n) is 4.64. The van der Waals surface area contributed by atoms with Gasteiger partial charge >= 0.3 is 5.97 Å². The number of carboxylic acids is 1. The van der Waals surface area contributed by atoms with Crippen molar-refractivity contribution in [1.29, 1.82) is 0 Å². The molecule has 0 bridgehead atoms. The summed E-state index contributed by atoms with van der Waals surface area (Å²) in [6, 6.07) is 0. The smallest absolute Gasteiger partial charge is 0.307 e. The number of aliphatic carboxylic acids is 1. The molecule has 0 aromatic heterocycles. The van der Waals surface area contributed by atoms with Crippen molar-refractivity contribution in [3.05, 3.63) is 24.3 Å². The minimum Gasteiger partial charge on any atom is -0.481 e. The summed E-state index contributed by atoms with van der Waals surface area (Å²) in [5.74, 6) is -2.32. The highest BCUT2D eigenvalue weighted by Crippen LogP contribution is 2.33. The number of hydrogen-bond donors (Lipinski definition) is 3. The Kier molecular flexibility index (Phi) is 10.1. The van der Waals surface area contributed by atoms with E-state index in [4.69, 9.17) is 5.11 Å². The van der Waals surface area contributed by atoms with E-state index < -0.39 is 30.0 Å². The van der Waals surface area contributed by atoms with Crippen molar-refractivity contribution < 1.29 is 29.7 Å². The van der Waals surface area contributed by atoms with Crippen LogP contribution in [0.15, 0.2) is 24.3 Å². The van der Waals surface area contributed by atoms with E-state index in [2.05, 4.69) is 6.92 Å². The van der Waals surface area contributed by atoms with Crippen LogP contribution in [0.25, 0.3) is 0 Å². The van der Waals surface area contributed by atoms with Gasteiger partial charge in [-0.05, 0) is 6.42 Å². The van der Waals surface area contributed by atoms with Gasteiger partial charge in [-0.3, -0.25) is 14.4 Å². The van der Waals surface area contributed by atoms with Crippen molar-refractivity contribution >= 4 is 17.5 Å². The number of aliphatic hydroxyl groups excluding tert-OH is 2. The molecule has 26 heavy (non-hydrogen) atoms. The zero-order valence-electron chi connectivity index (χ0n) is 15.3. The lowest BCUT2D eigenvalue weighted by molar-refractivity contribution is -0.136. The fourth-order valence-corrected chi connectivity index (χ4v) is 3.17. The number of rotatable bonds is 12. The summed E-state index contributed by atoms with van der Waals surface area (Å²) in [7, 11) is 0. The van der Waals surface area contributed by atoms with Gasteiger partial charge in [-0.2, -0.15) is 0 Å². The zero-order chi connectivity index (χ0) is 19.5. The van der Waals surface area contributed by atoms with E-state index in [0.29, 0.717) is 6.42 Å². The molecule has 1 fully saturated rings. The highest BCUT2D eigenvalue weighted by atomic mass is 16.4. The molecule has 1 rings (SSSR count). The van der Waals surface area contributed by atoms with E-state index in [-0.39, 0.29) is 37.2 Å². The van der Waals surface area contributed by atoms with Crippen molar-refractivity contribution in [2.75, 3.05) is 0 Å². The van der Waals surface area contributed by atoms with Crippen molar-refractivity contribution in [1.82, 2.24) is 0 Å². The predicted octanol–water partition coefficient (Wildman–Crippen LogP) is 2.43. The van der Waals surface area contributed by atoms with Crippen molar-refractivity contribution in [3.8, 4) is 0 Å². The lowest BCUT2D eigenvalue weighted by Crippen LogP contribution is -2.22. The second kappa shape index (κ2) is 11.8. The minimum atomic E-state index is -0.967. The van der Waals surface area contributed by atoms with Crippen LogP contribution in [0.1, 0.15) is 58.3 Å². The molecule has 6 heteroatoms. The van der Waals surface area contributed by atoms with Crippen LogP contribution < -0.4 is 0 Å². The molecule has 1 aliphatic rings. The molecule has 0 aliphatic heterocycles. The van der Waals surface area contributed by atoms with Gasteiger partial charge in [-0.25, -0.2) is 0 Å². The quantitative estimate of drug-likeness (QED) is 0.361. The summed E-state index contributed by atoms with van der Waals surface area (Å²) in [6.45, 7) is 2.08. The standard InChI is InChI=1S/C20H30O6/c1-2-3-4-7-14(21)10-11-16-17(19(24)13-18(16)23)12-15(22)8-5-6-9-20(25)26/h5-6,10-11,14,16-18,21,23H,2-4,7-9,12-13H2,1H3,(H,25,26)/b6-5+,11-10+. The molecule has 0 radical (unpaired) electrons. The largest absolute Gasteiger partial charge is 0.481 e. The Morgan fingerprint density at radius 3 is 2.58 bits per heavy atom. The number of carboxylic acid groups (broad SMARTS) is 1. The third-order valence-corrected chi connectivity index (χ3v) is 4.64. The van der Waals surface area contributed by atoms with Gasteiger partial charge in [0, 0.05) is 31.1 Å². The number of carbonyl (C=O) groups is 3. The van der Waals surface area contributed by atoms with Gasteiger partial charge < -0.3 is 15.3 Å². The van der Waals surface area contributed by atoms with Crippen LogP contribution in [0.5, 0.6) is 0 Å². The molecular formula is C20H30O6. The van der Waals surface area contributed by atoms with Crippen LogP contribution in [-0.4, -0.2) is 45.1 Å². The summed E-state index contributed by atoms with van der Waals surface area (Å²) in [6.07, 6.45) is 8.39. The van der Waals surface area contributed by atoms with E-state index in [1.54, 1.807) is 12.2 Å². The normalized spacial score (nSPS) is 24.6. The maximum absolute atomic E-state index is 12.1. The molecule has 0 saturated heterocycles. The maximum Gasteiger partial charge on any atom is 0.307 e. The number of ketones is 2. The first-order valence-corrected chi connectivity index (χ1v) is 9.30. The summed E-state index contributed by atoms with van der Waals surface area (Å²) in [4.78, 5) is 34.6. The molecule has 0 aromatic rings. The van der Waals surface area contributed by atoms with Crippen LogP contribution in [0, 0.1) is 11.8 Å². The topological polar surface area (TPSA) is 112 Å². The highest BCUT2D eigenvalue weighted by Gasteiger charge is 2.40. The Bertz CT molecular complexity index is 536. The first-order valence-electron chi connectivity index (χ1n) is 9.30. The van der Waals surface area contributed by atoms with Crippen LogP contribution in [0.4, 0.5) is 0 Å². The Labute approximate surface area is 154 Å². The van der Waals surface area contributed by atoms with Crippen molar-refractivity contribution in [2.24, 2.45) is 11.8 Å². The van der Waals surface area contributed by atoms with Crippen molar-refractivity contribution in [3.63, 3.8) is 0 Å². The number of aliphatic hydroxyl groups is 2. The van der Waals surface area contributed by atoms with E-state index in [9.17, 15) is 24.6 Å². The molecule has 4 atom stereocenters. The molecule has 0 aromatic carbocycles. The van der Waals surface area contributed by atoms with Gasteiger partial charge in [0.1, 0.15) is 11.6 Å². The first kappa shape index (κ1) is 22.3. The summed E-state index contributed by atoms with van der Waals surface area (Å²) < 4.78 is 0. The predicted molar refractivity (Wildman–Crippen MR) is 97.5 cm³/mol. The summed E-state index contributed by atoms with van der Waals surface area (Å²) >= 11 is 0. The van der Waals surface area contributed by atoms with Crippen LogP contribution in [-0.2, 0) is 14.4 Å². The van der Waals surface area contributed by atoms with E-state index >= 15 is 0 Å². The molecule has 6 nitrogen and oxygen atoms in total. The number of carbonyl (C=O) groups excluding carboxylic acids is 2. The summed E-state index contributed by atoms with van der Waals surface area (Å²) in [5, 5.41) is 28.6. The number of allylic oxidation sites excluding steroid dienone is 1. The Balaban J connectivity index is 2.58. The SMILES string of the molecule is CCCCCC(O)/C=C/C1C(O)CC(=O)C1CC(=O)C/C=C/CC(=O)O. The second-order valence-electron chi connectivity index (χ2n) is 6.89. The lowest BCUT2D eigenvalue weighted by atomic mass is 9.88. The molecule has 0 amide bonds. The van der Waals surface area contributed by atoms with E-state index in [1.165, 1.54) is 12.2 Å². The van der Waals surface area contributed by atoms with Crippen LogP contribution in [0.2, 0.25) is 0 Å². The Morgan fingerprint density at radius 2 is 1.92 bits per heavy atom. The second-order valence-corrected chi connectivity index (χ2v) is 6.89. The Morgan fingerprint density at radius 1 is 1.23 bits per heavy atom. The Hall–Kier alpha value is -1.79. The van der Waals surface area contributed by atoms with Gasteiger partial charge in [-0.15, -0.1) is 0 Å². The van der Waals surface area contributed by atoms with Gasteiger partial charge in [0.25, 0.3) is 0 Å². The first-order chi connectivity index (χ1) is 12.3. The average molecular weight is 366 g/mol. The average Bonchev–Trinajstić information content (AvgIpc) is 2.83. The number of hydrogen-bond acceptors (Lipinski definition) is 5. The maximum atomic E-state index is 12.1. The molecule has 0 heterocycles. The van der Waals surface area contributed by atoms with Gasteiger partial charge in [-0.1, -0.05) is 50.5 Å². The number of Topliss-reactive ketones (excluding diaryl/α,β-unsaturated/α-hetero) is 2. The molecule has 1 saturated carbocycles. The van der Waals surface area contributed by atoms with Gasteiger partial charge in [0.15, 0.2) is 0 Å². The van der Waals surface area contributed by atoms with Gasteiger partial charge in [0.05, 0.1) is 18.6 Å². The lowest BCUT2D eigenvalue weighted by Gasteiger charge is -2.17. The number of unbranched alkanes of at least 4 members (excludes halogenated alkanes) is 2. The van der Waals surface area contributed by atoms with E-state index in [0.717, 1.165) is 19.3 Å². The molecule has 146 valence electrons. The summed E-state index contributed by atoms with van der Waals surface area (Å²) in [5.41, 5.74) is 0. The molecule has 0 spiro atoms. The fourth-order valence-electron chi connectivity index (χ4n) is 3.17. The molecular weight excluding hydrogens is 336 g/mol. The fraction of sp³-hybridized carbons (Fsp3) is 0.650. The minimum absolute atomic E-state index is 0.0216.